The summed E-state index contributed by atoms with van der Waals surface area (Å²) >= 11 is 0. The molecule has 0 fully saturated rings. The van der Waals surface area contributed by atoms with Crippen LogP contribution in [0.2, 0.25) is 0 Å². The van der Waals surface area contributed by atoms with Crippen LogP contribution in [-0.4, -0.2) is 56.4 Å². The Bertz CT molecular complexity index is 419. The first-order valence-corrected chi connectivity index (χ1v) is 5.15. The average Bonchev–Trinajstić information content (AvgIpc) is 1.95. The number of carbonyl (C=O) groups excluding carboxylic acids is 1. The van der Waals surface area contributed by atoms with Crippen LogP contribution in [0.15, 0.2) is 0 Å². The van der Waals surface area contributed by atoms with Crippen LogP contribution < -0.4 is 106 Å². The van der Waals surface area contributed by atoms with Crippen LogP contribution in [-0.2, 0) is 24.8 Å². The van der Waals surface area contributed by atoms with Crippen LogP contribution in [0.3, 0.4) is 0 Å². The maximum Gasteiger partial charge on any atom is 1.00 e. The van der Waals surface area contributed by atoms with Gasteiger partial charge in [0.05, 0.1) is 18.8 Å². The molecule has 9 N–H and O–H groups in total. The second-order valence-corrected chi connectivity index (χ2v) is 3.68. The standard InChI is InChI=1S/C6H8O7.2H3N.3Na.H2O4S/c7-3(8)1-6(13,5(11)12)2-4(9)10;;;;;;1-5(2,3)4/h13H,1-2H2,(H,7,8)(H,9,10)(H,11,12);2*1H3;;;;(H2,1,2,3,4)/q;;;3*+1;/p-3. The minimum atomic E-state index is -5.17. The molecule has 0 unspecified atom stereocenters. The minimum Gasteiger partial charge on any atom is -0.759 e. The first-order valence-electron chi connectivity index (χ1n) is 3.82. The Labute approximate surface area is 197 Å². The summed E-state index contributed by atoms with van der Waals surface area (Å²) in [4.78, 5) is 30.3. The monoisotopic (exact) mass is 390 g/mol. The van der Waals surface area contributed by atoms with Crippen molar-refractivity contribution < 1.29 is 141 Å². The molecule has 0 aliphatic carbocycles. The molecule has 0 heterocycles. The zero-order valence-corrected chi connectivity index (χ0v) is 19.7. The fourth-order valence-electron chi connectivity index (χ4n) is 0.707. The van der Waals surface area contributed by atoms with E-state index < -0.39 is 46.7 Å². The van der Waals surface area contributed by atoms with Gasteiger partial charge in [-0.1, -0.05) is 0 Å². The molecule has 122 valence electrons. The van der Waals surface area contributed by atoms with Crippen molar-refractivity contribution in [2.24, 2.45) is 0 Å². The third-order valence-electron chi connectivity index (χ3n) is 1.27. The molecule has 0 saturated heterocycles. The summed E-state index contributed by atoms with van der Waals surface area (Å²) in [6.45, 7) is 0. The van der Waals surface area contributed by atoms with Crippen molar-refractivity contribution in [1.29, 1.82) is 0 Å². The molecule has 0 aliphatic heterocycles. The third-order valence-corrected chi connectivity index (χ3v) is 1.27. The first kappa shape index (κ1) is 44.0. The van der Waals surface area contributed by atoms with Gasteiger partial charge in [0.15, 0.2) is 0 Å². The van der Waals surface area contributed by atoms with Gasteiger partial charge in [0.2, 0.25) is 0 Å². The molecule has 17 heteroatoms. The largest absolute Gasteiger partial charge is 1.00 e. The van der Waals surface area contributed by atoms with Crippen LogP contribution in [0.5, 0.6) is 0 Å². The molecule has 0 aromatic rings. The number of carbonyl (C=O) groups is 3. The average molecular weight is 390 g/mol. The molecule has 0 aliphatic rings. The van der Waals surface area contributed by atoms with E-state index in [0.29, 0.717) is 0 Å². The predicted molar refractivity (Wildman–Crippen MR) is 55.0 cm³/mol. The fourth-order valence-corrected chi connectivity index (χ4v) is 0.707. The molecule has 0 aromatic heterocycles. The van der Waals surface area contributed by atoms with Gasteiger partial charge < -0.3 is 46.6 Å². The number of aliphatic hydroxyl groups is 1. The third kappa shape index (κ3) is 35.2. The molecule has 0 bridgehead atoms. The zero-order valence-electron chi connectivity index (χ0n) is 12.8. The van der Waals surface area contributed by atoms with Gasteiger partial charge in [-0.2, -0.15) is 0 Å². The summed E-state index contributed by atoms with van der Waals surface area (Å²) in [6.07, 6.45) is -2.41. The summed E-state index contributed by atoms with van der Waals surface area (Å²) in [5.74, 6) is -5.35. The van der Waals surface area contributed by atoms with Crippen LogP contribution in [0, 0.1) is 0 Å². The van der Waals surface area contributed by atoms with E-state index in [1.807, 2.05) is 0 Å². The molecule has 13 nitrogen and oxygen atoms in total. The second-order valence-electron chi connectivity index (χ2n) is 2.87. The molecular formula is C6H13N2Na3O11S. The molecule has 0 aromatic carbocycles. The minimum absolute atomic E-state index is 0. The topological polar surface area (TPSA) is 285 Å². The van der Waals surface area contributed by atoms with Gasteiger partial charge in [-0.25, -0.2) is 0 Å². The summed E-state index contributed by atoms with van der Waals surface area (Å²) in [5.41, 5.74) is -2.85. The van der Waals surface area contributed by atoms with Crippen molar-refractivity contribution in [2.75, 3.05) is 0 Å². The molecule has 0 saturated carbocycles. The maximum absolute atomic E-state index is 10.2. The number of carboxylic acids is 3. The smallest absolute Gasteiger partial charge is 0.759 e. The van der Waals surface area contributed by atoms with E-state index in [1.54, 1.807) is 0 Å². The molecule has 0 radical (unpaired) electrons. The Morgan fingerprint density at radius 3 is 1.13 bits per heavy atom. The van der Waals surface area contributed by atoms with Gasteiger partial charge in [-0.3, -0.25) is 18.0 Å². The van der Waals surface area contributed by atoms with Crippen LogP contribution in [0.25, 0.3) is 0 Å². The van der Waals surface area contributed by atoms with Gasteiger partial charge in [0.25, 0.3) is 0 Å². The van der Waals surface area contributed by atoms with Crippen molar-refractivity contribution in [3.8, 4) is 0 Å². The van der Waals surface area contributed by atoms with Crippen LogP contribution in [0.1, 0.15) is 12.8 Å². The van der Waals surface area contributed by atoms with Crippen molar-refractivity contribution in [1.82, 2.24) is 12.3 Å². The summed E-state index contributed by atoms with van der Waals surface area (Å²) in [5, 5.41) is 35.5. The molecule has 0 rings (SSSR count). The van der Waals surface area contributed by atoms with Crippen molar-refractivity contribution in [3.05, 3.63) is 0 Å². The van der Waals surface area contributed by atoms with E-state index in [9.17, 15) is 19.5 Å². The van der Waals surface area contributed by atoms with E-state index >= 15 is 0 Å². The maximum atomic E-state index is 10.2. The number of hydrogen-bond acceptors (Lipinski definition) is 11. The Morgan fingerprint density at radius 2 is 1.04 bits per heavy atom. The van der Waals surface area contributed by atoms with E-state index in [-0.39, 0.29) is 101 Å². The predicted octanol–water partition coefficient (Wildman–Crippen LogP) is -12.6. The van der Waals surface area contributed by atoms with E-state index in [1.165, 1.54) is 0 Å². The molecule has 23 heavy (non-hydrogen) atoms. The Balaban J connectivity index is -0.0000000455. The number of rotatable bonds is 5. The molecular weight excluding hydrogens is 377 g/mol. The fraction of sp³-hybridized carbons (Fsp3) is 0.500. The quantitative estimate of drug-likeness (QED) is 0.166. The number of hydrogen-bond donors (Lipinski definition) is 5. The number of carboxylic acid groups (broad SMARTS) is 3. The van der Waals surface area contributed by atoms with Gasteiger partial charge in [-0.15, -0.1) is 0 Å². The first-order chi connectivity index (χ1) is 7.78. The molecule has 0 amide bonds. The van der Waals surface area contributed by atoms with Gasteiger partial charge in [0, 0.05) is 10.4 Å². The normalized spacial score (nSPS) is 8.65. The number of aliphatic carboxylic acids is 3. The van der Waals surface area contributed by atoms with Crippen LogP contribution in [0.4, 0.5) is 0 Å². The van der Waals surface area contributed by atoms with Crippen molar-refractivity contribution in [3.63, 3.8) is 0 Å². The summed E-state index contributed by atoms with van der Waals surface area (Å²) in [7, 11) is -5.17. The second kappa shape index (κ2) is 19.5. The molecule has 0 spiro atoms. The van der Waals surface area contributed by atoms with Crippen molar-refractivity contribution in [2.45, 2.75) is 18.4 Å². The van der Waals surface area contributed by atoms with E-state index in [4.69, 9.17) is 32.8 Å². The summed E-state index contributed by atoms with van der Waals surface area (Å²) in [6, 6.07) is 0. The Morgan fingerprint density at radius 1 is 0.870 bits per heavy atom. The SMILES string of the molecule is N.N.O=C(O)CC(O)(CC(=O)O)C(=O)[O-].O=S(=O)([O-])[O-].[Na+].[Na+].[Na+]. The Kier molecular flexibility index (Phi) is 37.3. The van der Waals surface area contributed by atoms with Gasteiger partial charge in [-0.05, 0) is 0 Å². The Hall–Kier alpha value is 1.16. The van der Waals surface area contributed by atoms with Crippen molar-refractivity contribution >= 4 is 28.3 Å². The van der Waals surface area contributed by atoms with E-state index in [2.05, 4.69) is 0 Å². The summed E-state index contributed by atoms with van der Waals surface area (Å²) < 4.78 is 34.1. The van der Waals surface area contributed by atoms with E-state index in [0.717, 1.165) is 0 Å². The molecule has 0 atom stereocenters. The van der Waals surface area contributed by atoms with Gasteiger partial charge >= 0.3 is 101 Å². The van der Waals surface area contributed by atoms with Crippen LogP contribution >= 0.6 is 0 Å². The van der Waals surface area contributed by atoms with Gasteiger partial charge in [0.1, 0.15) is 5.60 Å². The zero-order chi connectivity index (χ0) is 15.1.